The molecule has 52 heavy (non-hydrogen) atoms. The van der Waals surface area contributed by atoms with Gasteiger partial charge in [-0.1, -0.05) is 67.5 Å². The Morgan fingerprint density at radius 3 is 2.33 bits per heavy atom. The van der Waals surface area contributed by atoms with Gasteiger partial charge in [0, 0.05) is 18.9 Å². The van der Waals surface area contributed by atoms with Crippen LogP contribution in [0.5, 0.6) is 0 Å². The van der Waals surface area contributed by atoms with Crippen LogP contribution < -0.4 is 16.3 Å². The van der Waals surface area contributed by atoms with Crippen molar-refractivity contribution in [3.8, 4) is 0 Å². The van der Waals surface area contributed by atoms with Crippen molar-refractivity contribution in [2.45, 2.75) is 108 Å². The monoisotopic (exact) mass is 754 g/mol. The van der Waals surface area contributed by atoms with Crippen LogP contribution in [-0.4, -0.2) is 85.8 Å². The van der Waals surface area contributed by atoms with E-state index in [-0.39, 0.29) is 53.3 Å². The maximum Gasteiger partial charge on any atom is 0.313 e. The molecule has 1 fully saturated rings. The van der Waals surface area contributed by atoms with Crippen molar-refractivity contribution in [1.82, 2.24) is 34.5 Å². The molecule has 1 aliphatic rings. The second kappa shape index (κ2) is 19.9. The Kier molecular flexibility index (Phi) is 16.9. The molecule has 1 amide bonds. The Labute approximate surface area is 305 Å². The van der Waals surface area contributed by atoms with E-state index in [1.54, 1.807) is 52.5 Å². The molecule has 5 atom stereocenters. The van der Waals surface area contributed by atoms with Crippen molar-refractivity contribution in [3.05, 3.63) is 22.9 Å². The Balaban J connectivity index is 0.00000123. The fourth-order valence-corrected chi connectivity index (χ4v) is 5.30. The number of carbonyl (C=O) groups is 3. The number of methoxy groups -OCH3 is 1. The molecule has 0 radical (unpaired) electrons. The number of ether oxygens (including phenoxy) is 4. The van der Waals surface area contributed by atoms with Crippen molar-refractivity contribution in [3.63, 3.8) is 0 Å². The van der Waals surface area contributed by atoms with Crippen LogP contribution in [0.1, 0.15) is 89.3 Å². The molecule has 18 nitrogen and oxygen atoms in total. The summed E-state index contributed by atoms with van der Waals surface area (Å²) < 4.78 is 36.2. The summed E-state index contributed by atoms with van der Waals surface area (Å²) in [5.41, 5.74) is -0.166. The van der Waals surface area contributed by atoms with Crippen LogP contribution in [0.2, 0.25) is 0 Å². The van der Waals surface area contributed by atoms with E-state index in [9.17, 15) is 19.2 Å². The summed E-state index contributed by atoms with van der Waals surface area (Å²) in [4.78, 5) is 58.8. The van der Waals surface area contributed by atoms with E-state index < -0.39 is 57.3 Å². The molecule has 0 aromatic carbocycles. The average molecular weight is 755 g/mol. The summed E-state index contributed by atoms with van der Waals surface area (Å²) in [5, 5.41) is 10.9. The van der Waals surface area contributed by atoms with Crippen molar-refractivity contribution in [2.24, 2.45) is 22.7 Å². The quantitative estimate of drug-likeness (QED) is 0.0773. The van der Waals surface area contributed by atoms with E-state index in [2.05, 4.69) is 63.0 Å². The first-order valence-electron chi connectivity index (χ1n) is 17.0. The van der Waals surface area contributed by atoms with Crippen LogP contribution in [-0.2, 0) is 48.9 Å². The van der Waals surface area contributed by atoms with Gasteiger partial charge in [0.05, 0.1) is 30.6 Å². The third kappa shape index (κ3) is 13.0. The molecule has 4 rings (SSSR count). The van der Waals surface area contributed by atoms with Gasteiger partial charge in [0.1, 0.15) is 6.10 Å². The van der Waals surface area contributed by atoms with E-state index in [1.807, 2.05) is 20.8 Å². The first-order chi connectivity index (χ1) is 24.3. The standard InChI is InChI=1S/C26H37N8O10P.C5H12.C2H6/c1-14(2)21(36)29-25-28-20-18(22(37)30-25)27-10-34(20)23-19(39-7)15(3)16(44-23)8-33-9-17(31-32-33)45(42-12-40-11-35)43-13-41-24(38)26(4,5)6;1-5(2,3)4;1-2/h9-11,14-16,19,23H,8,12-13H2,1-7H3,(H2,28,29,30,36,37);1-4H3;1-2H3. The Morgan fingerprint density at radius 1 is 1.12 bits per heavy atom. The van der Waals surface area contributed by atoms with Crippen LogP contribution in [0.25, 0.3) is 11.2 Å². The summed E-state index contributed by atoms with van der Waals surface area (Å²) in [7, 11) is -0.381. The molecule has 5 unspecified atom stereocenters. The topological polar surface area (TPSA) is 213 Å². The van der Waals surface area contributed by atoms with Gasteiger partial charge in [-0.2, -0.15) is 4.98 Å². The number of nitrogens with one attached hydrogen (secondary N) is 2. The SMILES string of the molecule is CC.CC(C)(C)C.COC1C(C)C(Cn2cc(P(OCOC=O)OCOC(=O)C(C)(C)C)nn2)OC1n1cnc2c(=O)[nH]c(NC(=O)C(C)C)nc21. The number of H-pyrrole nitrogens is 1. The number of hydrogen-bond donors (Lipinski definition) is 2. The molecule has 2 N–H and O–H groups in total. The van der Waals surface area contributed by atoms with Crippen molar-refractivity contribution >= 4 is 49.3 Å². The van der Waals surface area contributed by atoms with Gasteiger partial charge in [-0.3, -0.25) is 43.1 Å². The van der Waals surface area contributed by atoms with E-state index in [0.717, 1.165) is 0 Å². The summed E-state index contributed by atoms with van der Waals surface area (Å²) in [6.07, 6.45) is 1.41. The van der Waals surface area contributed by atoms with Gasteiger partial charge in [0.25, 0.3) is 12.0 Å². The van der Waals surface area contributed by atoms with Gasteiger partial charge in [0.2, 0.25) is 20.2 Å². The lowest BCUT2D eigenvalue weighted by molar-refractivity contribution is -0.159. The number of nitrogens with zero attached hydrogens (tertiary/aromatic N) is 6. The predicted molar refractivity (Wildman–Crippen MR) is 193 cm³/mol. The Bertz CT molecular complexity index is 1640. The van der Waals surface area contributed by atoms with Crippen LogP contribution in [0.3, 0.4) is 0 Å². The molecule has 0 saturated carbocycles. The number of aromatic nitrogens is 7. The number of rotatable bonds is 14. The molecule has 1 saturated heterocycles. The second-order valence-corrected chi connectivity index (χ2v) is 16.0. The molecule has 3 aromatic heterocycles. The number of fused-ring (bicyclic) bond motifs is 1. The molecule has 0 spiro atoms. The molecule has 292 valence electrons. The molecule has 4 heterocycles. The zero-order chi connectivity index (χ0) is 39.4. The normalized spacial score (nSPS) is 19.3. The zero-order valence-electron chi connectivity index (χ0n) is 32.5. The predicted octanol–water partition coefficient (Wildman–Crippen LogP) is 4.28. The second-order valence-electron chi connectivity index (χ2n) is 14.5. The van der Waals surface area contributed by atoms with Gasteiger partial charge in [0.15, 0.2) is 36.4 Å². The van der Waals surface area contributed by atoms with Crippen LogP contribution in [0, 0.1) is 22.7 Å². The number of imidazole rings is 1. The van der Waals surface area contributed by atoms with Gasteiger partial charge < -0.3 is 18.9 Å². The number of aromatic amines is 1. The highest BCUT2D eigenvalue weighted by Gasteiger charge is 2.44. The minimum atomic E-state index is -1.93. The Morgan fingerprint density at radius 2 is 1.75 bits per heavy atom. The summed E-state index contributed by atoms with van der Waals surface area (Å²) in [6, 6.07) is 0. The van der Waals surface area contributed by atoms with Crippen LogP contribution in [0.4, 0.5) is 5.95 Å². The van der Waals surface area contributed by atoms with Gasteiger partial charge in [-0.25, -0.2) is 9.67 Å². The maximum atomic E-state index is 12.7. The molecular formula is C33H55N8O10P. The van der Waals surface area contributed by atoms with Gasteiger partial charge in [-0.15, -0.1) is 5.10 Å². The fourth-order valence-electron chi connectivity index (χ4n) is 4.31. The summed E-state index contributed by atoms with van der Waals surface area (Å²) in [6.45, 7) is 22.9. The van der Waals surface area contributed by atoms with E-state index in [0.29, 0.717) is 5.41 Å². The highest BCUT2D eigenvalue weighted by atomic mass is 31.2. The lowest BCUT2D eigenvalue weighted by Gasteiger charge is -2.20. The minimum Gasteiger partial charge on any atom is -0.440 e. The molecule has 0 aliphatic carbocycles. The maximum absolute atomic E-state index is 12.7. The summed E-state index contributed by atoms with van der Waals surface area (Å²) >= 11 is 0. The van der Waals surface area contributed by atoms with E-state index in [1.165, 1.54) is 11.0 Å². The first-order valence-corrected chi connectivity index (χ1v) is 18.2. The molecule has 19 heteroatoms. The lowest BCUT2D eigenvalue weighted by atomic mass is 9.98. The highest BCUT2D eigenvalue weighted by molar-refractivity contribution is 7.55. The number of amides is 1. The molecular weight excluding hydrogens is 699 g/mol. The zero-order valence-corrected chi connectivity index (χ0v) is 33.3. The fraction of sp³-hybridized carbons (Fsp3) is 0.697. The van der Waals surface area contributed by atoms with Crippen LogP contribution in [0.15, 0.2) is 17.3 Å². The lowest BCUT2D eigenvalue weighted by Crippen LogP contribution is -2.28. The Hall–Kier alpha value is -3.83. The van der Waals surface area contributed by atoms with Crippen molar-refractivity contribution in [2.75, 3.05) is 26.0 Å². The number of esters is 1. The van der Waals surface area contributed by atoms with Gasteiger partial charge in [-0.05, 0) is 26.2 Å². The van der Waals surface area contributed by atoms with Crippen molar-refractivity contribution in [1.29, 1.82) is 0 Å². The molecule has 1 aliphatic heterocycles. The molecule has 0 bridgehead atoms. The van der Waals surface area contributed by atoms with Gasteiger partial charge >= 0.3 is 5.97 Å². The number of carbonyl (C=O) groups excluding carboxylic acids is 3. The van der Waals surface area contributed by atoms with E-state index >= 15 is 0 Å². The molecule has 3 aromatic rings. The smallest absolute Gasteiger partial charge is 0.313 e. The third-order valence-electron chi connectivity index (χ3n) is 6.80. The summed E-state index contributed by atoms with van der Waals surface area (Å²) in [5.74, 6) is -1.28. The largest absolute Gasteiger partial charge is 0.440 e. The average Bonchev–Trinajstić information content (AvgIpc) is 3.77. The van der Waals surface area contributed by atoms with Crippen molar-refractivity contribution < 1.29 is 42.4 Å². The first kappa shape index (κ1) is 44.3. The minimum absolute atomic E-state index is 0.00712. The van der Waals surface area contributed by atoms with E-state index in [4.69, 9.17) is 23.3 Å². The highest BCUT2D eigenvalue weighted by Crippen LogP contribution is 2.39. The third-order valence-corrected chi connectivity index (χ3v) is 8.06. The number of anilines is 1. The number of hydrogen-bond acceptors (Lipinski definition) is 14. The van der Waals surface area contributed by atoms with Crippen LogP contribution >= 0.6 is 8.38 Å².